The van der Waals surface area contributed by atoms with Crippen molar-refractivity contribution in [3.63, 3.8) is 0 Å². The summed E-state index contributed by atoms with van der Waals surface area (Å²) in [5.41, 5.74) is 8.14. The summed E-state index contributed by atoms with van der Waals surface area (Å²) >= 11 is 6.19. The van der Waals surface area contributed by atoms with Crippen LogP contribution < -0.4 is 11.1 Å². The molecule has 0 aromatic heterocycles. The van der Waals surface area contributed by atoms with E-state index < -0.39 is 5.97 Å². The maximum atomic E-state index is 12.0. The lowest BCUT2D eigenvalue weighted by Crippen LogP contribution is -2.11. The molecule has 21 heavy (non-hydrogen) atoms. The Bertz CT molecular complexity index is 630. The third-order valence-electron chi connectivity index (χ3n) is 2.92. The summed E-state index contributed by atoms with van der Waals surface area (Å²) in [4.78, 5) is 12.0. The fourth-order valence-electron chi connectivity index (χ4n) is 1.96. The quantitative estimate of drug-likeness (QED) is 0.653. The average molecular weight is 305 g/mol. The fourth-order valence-corrected chi connectivity index (χ4v) is 2.26. The number of carbonyl (C=O) groups is 1. The van der Waals surface area contributed by atoms with Crippen molar-refractivity contribution in [1.29, 1.82) is 0 Å². The minimum Gasteiger partial charge on any atom is -0.462 e. The number of rotatable bonds is 5. The average Bonchev–Trinajstić information content (AvgIpc) is 2.47. The molecule has 110 valence electrons. The van der Waals surface area contributed by atoms with E-state index in [1.54, 1.807) is 19.1 Å². The first-order valence-corrected chi connectivity index (χ1v) is 7.03. The first-order valence-electron chi connectivity index (χ1n) is 6.65. The standard InChI is InChI=1S/C16H17ClN2O2/c1-2-21-16(20)13-8-12(18)9-14(17)15(13)19-10-11-6-4-3-5-7-11/h3-9,19H,2,10,18H2,1H3. The molecule has 2 rings (SSSR count). The zero-order valence-corrected chi connectivity index (χ0v) is 12.5. The summed E-state index contributed by atoms with van der Waals surface area (Å²) in [6, 6.07) is 13.0. The van der Waals surface area contributed by atoms with Crippen molar-refractivity contribution >= 4 is 28.9 Å². The van der Waals surface area contributed by atoms with Gasteiger partial charge in [0.1, 0.15) is 0 Å². The van der Waals surface area contributed by atoms with Crippen LogP contribution in [0.2, 0.25) is 5.02 Å². The molecule has 2 aromatic carbocycles. The highest BCUT2D eigenvalue weighted by Crippen LogP contribution is 2.30. The number of nitrogen functional groups attached to an aromatic ring is 1. The van der Waals surface area contributed by atoms with Crippen LogP contribution in [0.25, 0.3) is 0 Å². The van der Waals surface area contributed by atoms with E-state index in [0.29, 0.717) is 35.1 Å². The molecule has 2 aromatic rings. The number of nitrogens with two attached hydrogens (primary N) is 1. The van der Waals surface area contributed by atoms with Crippen molar-refractivity contribution in [2.24, 2.45) is 0 Å². The number of hydrogen-bond acceptors (Lipinski definition) is 4. The molecule has 0 atom stereocenters. The van der Waals surface area contributed by atoms with E-state index in [0.717, 1.165) is 5.56 Å². The van der Waals surface area contributed by atoms with Gasteiger partial charge in [0, 0.05) is 12.2 Å². The second-order valence-corrected chi connectivity index (χ2v) is 4.89. The van der Waals surface area contributed by atoms with E-state index in [4.69, 9.17) is 22.1 Å². The highest BCUT2D eigenvalue weighted by Gasteiger charge is 2.16. The number of carbonyl (C=O) groups excluding carboxylic acids is 1. The Morgan fingerprint density at radius 1 is 1.29 bits per heavy atom. The Kier molecular flexibility index (Phi) is 5.06. The second-order valence-electron chi connectivity index (χ2n) is 4.48. The summed E-state index contributed by atoms with van der Waals surface area (Å²) < 4.78 is 5.04. The van der Waals surface area contributed by atoms with Crippen molar-refractivity contribution in [2.45, 2.75) is 13.5 Å². The normalized spacial score (nSPS) is 10.2. The van der Waals surface area contributed by atoms with Gasteiger partial charge >= 0.3 is 5.97 Å². The molecule has 0 aliphatic heterocycles. The molecular weight excluding hydrogens is 288 g/mol. The summed E-state index contributed by atoms with van der Waals surface area (Å²) in [7, 11) is 0. The summed E-state index contributed by atoms with van der Waals surface area (Å²) in [6.07, 6.45) is 0. The first-order chi connectivity index (χ1) is 10.1. The topological polar surface area (TPSA) is 64.3 Å². The molecule has 5 heteroatoms. The first kappa shape index (κ1) is 15.2. The SMILES string of the molecule is CCOC(=O)c1cc(N)cc(Cl)c1NCc1ccccc1. The number of nitrogens with one attached hydrogen (secondary N) is 1. The second kappa shape index (κ2) is 6.99. The van der Waals surface area contributed by atoms with E-state index in [1.807, 2.05) is 30.3 Å². The van der Waals surface area contributed by atoms with Gasteiger partial charge in [-0.25, -0.2) is 4.79 Å². The maximum absolute atomic E-state index is 12.0. The number of benzene rings is 2. The summed E-state index contributed by atoms with van der Waals surface area (Å²) in [5.74, 6) is -0.442. The van der Waals surface area contributed by atoms with Crippen LogP contribution in [-0.2, 0) is 11.3 Å². The van der Waals surface area contributed by atoms with Crippen molar-refractivity contribution in [3.8, 4) is 0 Å². The largest absolute Gasteiger partial charge is 0.462 e. The van der Waals surface area contributed by atoms with Gasteiger partial charge < -0.3 is 15.8 Å². The van der Waals surface area contributed by atoms with Crippen molar-refractivity contribution in [3.05, 3.63) is 58.6 Å². The summed E-state index contributed by atoms with van der Waals surface area (Å²) in [5, 5.41) is 3.57. The molecule has 4 nitrogen and oxygen atoms in total. The third-order valence-corrected chi connectivity index (χ3v) is 3.22. The van der Waals surface area contributed by atoms with Crippen LogP contribution in [-0.4, -0.2) is 12.6 Å². The van der Waals surface area contributed by atoms with Gasteiger partial charge in [0.2, 0.25) is 0 Å². The molecule has 0 spiro atoms. The van der Waals surface area contributed by atoms with Gasteiger partial charge in [0.25, 0.3) is 0 Å². The van der Waals surface area contributed by atoms with E-state index in [1.165, 1.54) is 0 Å². The smallest absolute Gasteiger partial charge is 0.340 e. The van der Waals surface area contributed by atoms with Gasteiger partial charge in [-0.1, -0.05) is 41.9 Å². The fraction of sp³-hybridized carbons (Fsp3) is 0.188. The molecule has 0 saturated carbocycles. The molecule has 0 unspecified atom stereocenters. The van der Waals surface area contributed by atoms with Crippen molar-refractivity contribution in [1.82, 2.24) is 0 Å². The Labute approximate surface area is 128 Å². The number of esters is 1. The van der Waals surface area contributed by atoms with Gasteiger partial charge in [-0.3, -0.25) is 0 Å². The van der Waals surface area contributed by atoms with Crippen LogP contribution in [0, 0.1) is 0 Å². The van der Waals surface area contributed by atoms with Crippen molar-refractivity contribution in [2.75, 3.05) is 17.7 Å². The van der Waals surface area contributed by atoms with Crippen LogP contribution >= 0.6 is 11.6 Å². The zero-order valence-electron chi connectivity index (χ0n) is 11.7. The minimum absolute atomic E-state index is 0.295. The Balaban J connectivity index is 2.26. The van der Waals surface area contributed by atoms with Crippen LogP contribution in [0.1, 0.15) is 22.8 Å². The van der Waals surface area contributed by atoms with Crippen LogP contribution in [0.3, 0.4) is 0 Å². The Morgan fingerprint density at radius 2 is 2.00 bits per heavy atom. The number of halogens is 1. The molecule has 0 aliphatic rings. The number of ether oxygens (including phenoxy) is 1. The van der Waals surface area contributed by atoms with E-state index >= 15 is 0 Å². The Morgan fingerprint density at radius 3 is 2.67 bits per heavy atom. The molecular formula is C16H17ClN2O2. The zero-order chi connectivity index (χ0) is 15.2. The van der Waals surface area contributed by atoms with E-state index in [9.17, 15) is 4.79 Å². The van der Waals surface area contributed by atoms with Gasteiger partial charge in [0.05, 0.1) is 22.9 Å². The lowest BCUT2D eigenvalue weighted by Gasteiger charge is -2.14. The predicted molar refractivity (Wildman–Crippen MR) is 85.6 cm³/mol. The van der Waals surface area contributed by atoms with Gasteiger partial charge in [-0.2, -0.15) is 0 Å². The van der Waals surface area contributed by atoms with Gasteiger partial charge in [-0.15, -0.1) is 0 Å². The van der Waals surface area contributed by atoms with Gasteiger partial charge in [0.15, 0.2) is 0 Å². The molecule has 0 amide bonds. The van der Waals surface area contributed by atoms with E-state index in [-0.39, 0.29) is 0 Å². The van der Waals surface area contributed by atoms with Crippen LogP contribution in [0.4, 0.5) is 11.4 Å². The molecule has 0 radical (unpaired) electrons. The Hall–Kier alpha value is -2.20. The molecule has 0 saturated heterocycles. The molecule has 0 bridgehead atoms. The summed E-state index contributed by atoms with van der Waals surface area (Å²) in [6.45, 7) is 2.60. The highest BCUT2D eigenvalue weighted by atomic mass is 35.5. The number of anilines is 2. The number of hydrogen-bond donors (Lipinski definition) is 2. The highest BCUT2D eigenvalue weighted by molar-refractivity contribution is 6.34. The molecule has 0 aliphatic carbocycles. The van der Waals surface area contributed by atoms with Crippen LogP contribution in [0.15, 0.2) is 42.5 Å². The molecule has 0 fully saturated rings. The van der Waals surface area contributed by atoms with Crippen molar-refractivity contribution < 1.29 is 9.53 Å². The third kappa shape index (κ3) is 3.89. The van der Waals surface area contributed by atoms with Crippen LogP contribution in [0.5, 0.6) is 0 Å². The minimum atomic E-state index is -0.442. The van der Waals surface area contributed by atoms with Gasteiger partial charge in [-0.05, 0) is 24.6 Å². The molecule has 0 heterocycles. The lowest BCUT2D eigenvalue weighted by molar-refractivity contribution is 0.0527. The van der Waals surface area contributed by atoms with E-state index in [2.05, 4.69) is 5.32 Å². The maximum Gasteiger partial charge on any atom is 0.340 e. The monoisotopic (exact) mass is 304 g/mol. The predicted octanol–water partition coefficient (Wildman–Crippen LogP) is 3.71. The lowest BCUT2D eigenvalue weighted by atomic mass is 10.1. The molecule has 3 N–H and O–H groups in total.